The number of hydrogen-bond acceptors (Lipinski definition) is 2. The molecule has 0 N–H and O–H groups in total. The van der Waals surface area contributed by atoms with Gasteiger partial charge in [0.2, 0.25) is 0 Å². The lowest BCUT2D eigenvalue weighted by atomic mass is 10.0. The number of fused-ring (bicyclic) bond motifs is 1. The minimum Gasteiger partial charge on any atom is -0.369 e. The van der Waals surface area contributed by atoms with E-state index in [1.165, 1.54) is 27.6 Å². The zero-order valence-corrected chi connectivity index (χ0v) is 14.4. The Morgan fingerprint density at radius 1 is 0.917 bits per heavy atom. The summed E-state index contributed by atoms with van der Waals surface area (Å²) in [5.74, 6) is 0. The second-order valence-corrected chi connectivity index (χ2v) is 6.88. The van der Waals surface area contributed by atoms with Crippen molar-refractivity contribution in [3.63, 3.8) is 0 Å². The molecule has 0 radical (unpaired) electrons. The van der Waals surface area contributed by atoms with E-state index in [1.54, 1.807) is 0 Å². The molecule has 0 bridgehead atoms. The van der Waals surface area contributed by atoms with Gasteiger partial charge in [-0.3, -0.25) is 4.90 Å². The molecule has 4 rings (SSSR count). The maximum absolute atomic E-state index is 2.54. The number of nitrogens with zero attached hydrogens (tertiary/aromatic N) is 2. The summed E-state index contributed by atoms with van der Waals surface area (Å²) in [5, 5.41) is 2.72. The minimum absolute atomic E-state index is 0.612. The molecule has 1 fully saturated rings. The Morgan fingerprint density at radius 3 is 2.46 bits per heavy atom. The highest BCUT2D eigenvalue weighted by atomic mass is 15.3. The molecule has 0 amide bonds. The normalized spacial score (nSPS) is 15.4. The molecule has 1 heterocycles. The van der Waals surface area contributed by atoms with Crippen molar-refractivity contribution in [2.24, 2.45) is 0 Å². The lowest BCUT2D eigenvalue weighted by molar-refractivity contribution is 0.139. The van der Waals surface area contributed by atoms with Gasteiger partial charge in [0.15, 0.2) is 0 Å². The maximum atomic E-state index is 2.54. The summed E-state index contributed by atoms with van der Waals surface area (Å²) >= 11 is 0. The average molecular weight is 316 g/mol. The van der Waals surface area contributed by atoms with Crippen molar-refractivity contribution < 1.29 is 0 Å². The summed E-state index contributed by atoms with van der Waals surface area (Å²) in [5.41, 5.74) is 4.14. The molecule has 2 heteroatoms. The van der Waals surface area contributed by atoms with Crippen molar-refractivity contribution in [1.82, 2.24) is 4.90 Å². The molecule has 122 valence electrons. The number of rotatable bonds is 4. The molecule has 0 aliphatic carbocycles. The van der Waals surface area contributed by atoms with Crippen LogP contribution in [0.5, 0.6) is 0 Å². The van der Waals surface area contributed by atoms with Gasteiger partial charge < -0.3 is 4.90 Å². The number of para-hydroxylation sites is 1. The van der Waals surface area contributed by atoms with Crippen LogP contribution in [0.2, 0.25) is 0 Å². The molecule has 3 aromatic carbocycles. The van der Waals surface area contributed by atoms with E-state index in [2.05, 4.69) is 90.5 Å². The molecule has 0 spiro atoms. The highest BCUT2D eigenvalue weighted by molar-refractivity contribution is 5.85. The lowest BCUT2D eigenvalue weighted by Gasteiger charge is -2.45. The van der Waals surface area contributed by atoms with Crippen LogP contribution in [0.3, 0.4) is 0 Å². The summed E-state index contributed by atoms with van der Waals surface area (Å²) in [4.78, 5) is 4.98. The van der Waals surface area contributed by atoms with E-state index in [9.17, 15) is 0 Å². The second kappa shape index (κ2) is 6.29. The summed E-state index contributed by atoms with van der Waals surface area (Å²) in [6.07, 6.45) is 0. The number of aryl methyl sites for hydroxylation is 1. The Kier molecular flexibility index (Phi) is 3.99. The summed E-state index contributed by atoms with van der Waals surface area (Å²) < 4.78 is 0. The highest BCUT2D eigenvalue weighted by Gasteiger charge is 2.30. The van der Waals surface area contributed by atoms with Gasteiger partial charge in [-0.2, -0.15) is 0 Å². The van der Waals surface area contributed by atoms with Crippen molar-refractivity contribution in [2.45, 2.75) is 19.5 Å². The molecule has 0 saturated carbocycles. The minimum atomic E-state index is 0.612. The Hall–Kier alpha value is -2.32. The third-order valence-electron chi connectivity index (χ3n) is 5.25. The molecule has 0 aromatic heterocycles. The number of likely N-dealkylation sites (tertiary alicyclic amines) is 1. The average Bonchev–Trinajstić information content (AvgIpc) is 2.58. The van der Waals surface area contributed by atoms with Crippen LogP contribution in [0.1, 0.15) is 11.1 Å². The van der Waals surface area contributed by atoms with E-state index in [0.29, 0.717) is 6.04 Å². The van der Waals surface area contributed by atoms with Crippen molar-refractivity contribution in [3.05, 3.63) is 77.9 Å². The lowest BCUT2D eigenvalue weighted by Crippen LogP contribution is -2.58. The van der Waals surface area contributed by atoms with Gasteiger partial charge in [0.05, 0.1) is 6.04 Å². The van der Waals surface area contributed by atoms with Crippen molar-refractivity contribution in [3.8, 4) is 0 Å². The summed E-state index contributed by atoms with van der Waals surface area (Å²) in [7, 11) is 2.22. The predicted molar refractivity (Wildman–Crippen MR) is 103 cm³/mol. The van der Waals surface area contributed by atoms with E-state index >= 15 is 0 Å². The van der Waals surface area contributed by atoms with Gasteiger partial charge in [0.1, 0.15) is 0 Å². The molecule has 0 unspecified atom stereocenters. The zero-order valence-electron chi connectivity index (χ0n) is 14.4. The van der Waals surface area contributed by atoms with Crippen LogP contribution in [-0.2, 0) is 6.54 Å². The SMILES string of the molecule is Cc1ccccc1N(C)C1CN(Cc2cccc3ccccc23)C1. The monoisotopic (exact) mass is 316 g/mol. The third-order valence-corrected chi connectivity index (χ3v) is 5.25. The van der Waals surface area contributed by atoms with Crippen LogP contribution in [-0.4, -0.2) is 31.1 Å². The van der Waals surface area contributed by atoms with Crippen molar-refractivity contribution >= 4 is 16.5 Å². The smallest absolute Gasteiger partial charge is 0.0541 e. The van der Waals surface area contributed by atoms with E-state index in [1.807, 2.05) is 0 Å². The number of hydrogen-bond donors (Lipinski definition) is 0. The standard InChI is InChI=1S/C22H24N2/c1-17-8-3-6-13-22(17)23(2)20-15-24(16-20)14-19-11-7-10-18-9-4-5-12-21(18)19/h3-13,20H,14-16H2,1-2H3. The third kappa shape index (κ3) is 2.78. The zero-order chi connectivity index (χ0) is 16.5. The Labute approximate surface area is 144 Å². The van der Waals surface area contributed by atoms with Gasteiger partial charge in [-0.15, -0.1) is 0 Å². The topological polar surface area (TPSA) is 6.48 Å². The van der Waals surface area contributed by atoms with Crippen molar-refractivity contribution in [1.29, 1.82) is 0 Å². The van der Waals surface area contributed by atoms with Gasteiger partial charge in [-0.05, 0) is 34.9 Å². The number of likely N-dealkylation sites (N-methyl/N-ethyl adjacent to an activating group) is 1. The number of benzene rings is 3. The van der Waals surface area contributed by atoms with Crippen LogP contribution in [0, 0.1) is 6.92 Å². The molecular formula is C22H24N2. The van der Waals surface area contributed by atoms with E-state index in [-0.39, 0.29) is 0 Å². The molecule has 3 aromatic rings. The fraction of sp³-hybridized carbons (Fsp3) is 0.273. The quantitative estimate of drug-likeness (QED) is 0.701. The van der Waals surface area contributed by atoms with Gasteiger partial charge in [0.25, 0.3) is 0 Å². The first-order valence-electron chi connectivity index (χ1n) is 8.70. The Bertz CT molecular complexity index is 844. The summed E-state index contributed by atoms with van der Waals surface area (Å²) in [6.45, 7) is 5.50. The van der Waals surface area contributed by atoms with E-state index in [4.69, 9.17) is 0 Å². The van der Waals surface area contributed by atoms with Crippen molar-refractivity contribution in [2.75, 3.05) is 25.0 Å². The Morgan fingerprint density at radius 2 is 1.62 bits per heavy atom. The maximum Gasteiger partial charge on any atom is 0.0541 e. The first kappa shape index (κ1) is 15.2. The fourth-order valence-electron chi connectivity index (χ4n) is 3.74. The summed E-state index contributed by atoms with van der Waals surface area (Å²) in [6, 6.07) is 24.6. The van der Waals surface area contributed by atoms with Crippen LogP contribution in [0.25, 0.3) is 10.8 Å². The number of anilines is 1. The first-order valence-corrected chi connectivity index (χ1v) is 8.70. The Balaban J connectivity index is 1.44. The van der Waals surface area contributed by atoms with Crippen LogP contribution < -0.4 is 4.90 Å². The van der Waals surface area contributed by atoms with E-state index < -0.39 is 0 Å². The molecule has 1 aliphatic heterocycles. The van der Waals surface area contributed by atoms with Crippen LogP contribution >= 0.6 is 0 Å². The van der Waals surface area contributed by atoms with E-state index in [0.717, 1.165) is 19.6 Å². The molecule has 1 aliphatic rings. The predicted octanol–water partition coefficient (Wildman–Crippen LogP) is 4.47. The van der Waals surface area contributed by atoms with Crippen LogP contribution in [0.15, 0.2) is 66.7 Å². The fourth-order valence-corrected chi connectivity index (χ4v) is 3.74. The second-order valence-electron chi connectivity index (χ2n) is 6.88. The largest absolute Gasteiger partial charge is 0.369 e. The molecule has 24 heavy (non-hydrogen) atoms. The molecule has 1 saturated heterocycles. The van der Waals surface area contributed by atoms with Crippen LogP contribution in [0.4, 0.5) is 5.69 Å². The van der Waals surface area contributed by atoms with Gasteiger partial charge in [0, 0.05) is 32.4 Å². The first-order chi connectivity index (χ1) is 11.7. The highest BCUT2D eigenvalue weighted by Crippen LogP contribution is 2.27. The van der Waals surface area contributed by atoms with Gasteiger partial charge in [-0.1, -0.05) is 60.7 Å². The van der Waals surface area contributed by atoms with Gasteiger partial charge in [-0.25, -0.2) is 0 Å². The molecule has 0 atom stereocenters. The molecular weight excluding hydrogens is 292 g/mol. The van der Waals surface area contributed by atoms with Gasteiger partial charge >= 0.3 is 0 Å². The molecule has 2 nitrogen and oxygen atoms in total.